The smallest absolute Gasteiger partial charge is 0.155 e. The van der Waals surface area contributed by atoms with Crippen LogP contribution in [0, 0.1) is 11.3 Å². The van der Waals surface area contributed by atoms with Gasteiger partial charge in [-0.15, -0.1) is 0 Å². The van der Waals surface area contributed by atoms with Gasteiger partial charge in [-0.3, -0.25) is 4.79 Å². The Labute approximate surface area is 87.6 Å². The first-order valence-electron chi connectivity index (χ1n) is 5.69. The van der Waals surface area contributed by atoms with Crippen LogP contribution in [0.5, 0.6) is 0 Å². The molecule has 1 rings (SSSR count). The van der Waals surface area contributed by atoms with Gasteiger partial charge in [0.05, 0.1) is 0 Å². The van der Waals surface area contributed by atoms with E-state index in [1.165, 1.54) is 25.7 Å². The second kappa shape index (κ2) is 4.77. The first-order chi connectivity index (χ1) is 6.53. The van der Waals surface area contributed by atoms with Gasteiger partial charge in [0.2, 0.25) is 0 Å². The number of rotatable bonds is 3. The third-order valence-corrected chi connectivity index (χ3v) is 3.15. The van der Waals surface area contributed by atoms with Crippen molar-refractivity contribution in [2.75, 3.05) is 0 Å². The van der Waals surface area contributed by atoms with Crippen molar-refractivity contribution in [1.29, 1.82) is 0 Å². The predicted molar refractivity (Wildman–Crippen MR) is 60.2 cm³/mol. The van der Waals surface area contributed by atoms with Crippen molar-refractivity contribution in [1.82, 2.24) is 0 Å². The standard InChI is InChI=1S/C13H22O/c1-4-6-12(14)9-11-7-5-8-13(2,3)10-11/h4,6,11H,5,7-10H2,1-3H3. The summed E-state index contributed by atoms with van der Waals surface area (Å²) in [6.07, 6.45) is 9.39. The molecule has 1 atom stereocenters. The van der Waals surface area contributed by atoms with E-state index in [4.69, 9.17) is 0 Å². The molecule has 14 heavy (non-hydrogen) atoms. The second-order valence-electron chi connectivity index (χ2n) is 5.30. The molecule has 0 aliphatic heterocycles. The molecule has 0 aromatic rings. The summed E-state index contributed by atoms with van der Waals surface area (Å²) < 4.78 is 0. The monoisotopic (exact) mass is 194 g/mol. The summed E-state index contributed by atoms with van der Waals surface area (Å²) in [7, 11) is 0. The van der Waals surface area contributed by atoms with Crippen LogP contribution in [-0.4, -0.2) is 5.78 Å². The van der Waals surface area contributed by atoms with Crippen LogP contribution in [-0.2, 0) is 4.79 Å². The maximum absolute atomic E-state index is 11.4. The quantitative estimate of drug-likeness (QED) is 0.625. The maximum atomic E-state index is 11.4. The third-order valence-electron chi connectivity index (χ3n) is 3.15. The average molecular weight is 194 g/mol. The fourth-order valence-corrected chi connectivity index (χ4v) is 2.57. The average Bonchev–Trinajstić information content (AvgIpc) is 2.02. The molecule has 1 saturated carbocycles. The van der Waals surface area contributed by atoms with E-state index in [2.05, 4.69) is 13.8 Å². The highest BCUT2D eigenvalue weighted by molar-refractivity contribution is 5.89. The van der Waals surface area contributed by atoms with E-state index in [1.54, 1.807) is 6.08 Å². The summed E-state index contributed by atoms with van der Waals surface area (Å²) >= 11 is 0. The SMILES string of the molecule is CC=CC(=O)CC1CCCC(C)(C)C1. The van der Waals surface area contributed by atoms with Crippen LogP contribution >= 0.6 is 0 Å². The van der Waals surface area contributed by atoms with Gasteiger partial charge in [0, 0.05) is 6.42 Å². The minimum absolute atomic E-state index is 0.301. The Balaban J connectivity index is 2.42. The van der Waals surface area contributed by atoms with Gasteiger partial charge in [0.15, 0.2) is 5.78 Å². The highest BCUT2D eigenvalue weighted by Gasteiger charge is 2.28. The van der Waals surface area contributed by atoms with Crippen LogP contribution in [0.25, 0.3) is 0 Å². The molecule has 0 N–H and O–H groups in total. The Morgan fingerprint density at radius 3 is 2.79 bits per heavy atom. The van der Waals surface area contributed by atoms with E-state index >= 15 is 0 Å². The van der Waals surface area contributed by atoms with E-state index in [0.717, 1.165) is 6.42 Å². The summed E-state index contributed by atoms with van der Waals surface area (Å²) in [5.74, 6) is 0.928. The molecule has 0 spiro atoms. The summed E-state index contributed by atoms with van der Waals surface area (Å²) in [5.41, 5.74) is 0.457. The van der Waals surface area contributed by atoms with Gasteiger partial charge in [-0.05, 0) is 43.6 Å². The number of hydrogen-bond donors (Lipinski definition) is 0. The Morgan fingerprint density at radius 1 is 1.50 bits per heavy atom. The first-order valence-corrected chi connectivity index (χ1v) is 5.69. The van der Waals surface area contributed by atoms with Crippen LogP contribution in [0.15, 0.2) is 12.2 Å². The lowest BCUT2D eigenvalue weighted by Crippen LogP contribution is -2.23. The van der Waals surface area contributed by atoms with Crippen LogP contribution in [0.4, 0.5) is 0 Å². The molecular formula is C13H22O. The molecule has 0 bridgehead atoms. The zero-order valence-electron chi connectivity index (χ0n) is 9.68. The van der Waals surface area contributed by atoms with E-state index in [0.29, 0.717) is 17.1 Å². The van der Waals surface area contributed by atoms with Gasteiger partial charge in [-0.25, -0.2) is 0 Å². The van der Waals surface area contributed by atoms with Gasteiger partial charge < -0.3 is 0 Å². The van der Waals surface area contributed by atoms with E-state index in [-0.39, 0.29) is 0 Å². The molecule has 80 valence electrons. The molecule has 0 aromatic carbocycles. The largest absolute Gasteiger partial charge is 0.295 e. The summed E-state index contributed by atoms with van der Waals surface area (Å²) in [6.45, 7) is 6.54. The number of ketones is 1. The Kier molecular flexibility index (Phi) is 3.91. The van der Waals surface area contributed by atoms with Gasteiger partial charge in [0.25, 0.3) is 0 Å². The third kappa shape index (κ3) is 3.65. The molecule has 0 heterocycles. The molecule has 0 radical (unpaired) electrons. The lowest BCUT2D eigenvalue weighted by Gasteiger charge is -2.34. The van der Waals surface area contributed by atoms with Crippen molar-refractivity contribution in [3.05, 3.63) is 12.2 Å². The van der Waals surface area contributed by atoms with Crippen molar-refractivity contribution in [3.8, 4) is 0 Å². The number of hydrogen-bond acceptors (Lipinski definition) is 1. The van der Waals surface area contributed by atoms with E-state index in [9.17, 15) is 4.79 Å². The van der Waals surface area contributed by atoms with Crippen LogP contribution in [0.2, 0.25) is 0 Å². The molecule has 1 unspecified atom stereocenters. The van der Waals surface area contributed by atoms with Crippen molar-refractivity contribution < 1.29 is 4.79 Å². The lowest BCUT2D eigenvalue weighted by molar-refractivity contribution is -0.115. The Bertz CT molecular complexity index is 225. The van der Waals surface area contributed by atoms with Crippen molar-refractivity contribution in [2.45, 2.75) is 52.9 Å². The molecule has 1 heteroatoms. The minimum Gasteiger partial charge on any atom is -0.295 e. The Hall–Kier alpha value is -0.590. The normalized spacial score (nSPS) is 26.6. The molecular weight excluding hydrogens is 172 g/mol. The maximum Gasteiger partial charge on any atom is 0.155 e. The summed E-state index contributed by atoms with van der Waals surface area (Å²) in [5, 5.41) is 0. The summed E-state index contributed by atoms with van der Waals surface area (Å²) in [4.78, 5) is 11.4. The second-order valence-corrected chi connectivity index (χ2v) is 5.30. The predicted octanol–water partition coefficient (Wildman–Crippen LogP) is 3.74. The molecule has 1 aliphatic rings. The van der Waals surface area contributed by atoms with Gasteiger partial charge >= 0.3 is 0 Å². The molecule has 1 fully saturated rings. The molecule has 0 amide bonds. The van der Waals surface area contributed by atoms with Crippen molar-refractivity contribution >= 4 is 5.78 Å². The van der Waals surface area contributed by atoms with Gasteiger partial charge in [-0.1, -0.05) is 26.3 Å². The lowest BCUT2D eigenvalue weighted by atomic mass is 9.71. The van der Waals surface area contributed by atoms with Crippen molar-refractivity contribution in [2.24, 2.45) is 11.3 Å². The van der Waals surface area contributed by atoms with Gasteiger partial charge in [0.1, 0.15) is 0 Å². The van der Waals surface area contributed by atoms with E-state index in [1.807, 2.05) is 13.0 Å². The highest BCUT2D eigenvalue weighted by Crippen LogP contribution is 2.39. The number of carbonyl (C=O) groups is 1. The Morgan fingerprint density at radius 2 is 2.21 bits per heavy atom. The molecule has 1 nitrogen and oxygen atoms in total. The van der Waals surface area contributed by atoms with Gasteiger partial charge in [-0.2, -0.15) is 0 Å². The summed E-state index contributed by atoms with van der Waals surface area (Å²) in [6, 6.07) is 0. The fraction of sp³-hybridized carbons (Fsp3) is 0.769. The van der Waals surface area contributed by atoms with E-state index < -0.39 is 0 Å². The number of allylic oxidation sites excluding steroid dienone is 2. The minimum atomic E-state index is 0.301. The highest BCUT2D eigenvalue weighted by atomic mass is 16.1. The molecule has 0 saturated heterocycles. The fourth-order valence-electron chi connectivity index (χ4n) is 2.57. The zero-order valence-corrected chi connectivity index (χ0v) is 9.68. The van der Waals surface area contributed by atoms with Crippen LogP contribution in [0.3, 0.4) is 0 Å². The van der Waals surface area contributed by atoms with Crippen LogP contribution < -0.4 is 0 Å². The molecule has 1 aliphatic carbocycles. The van der Waals surface area contributed by atoms with Crippen LogP contribution in [0.1, 0.15) is 52.9 Å². The van der Waals surface area contributed by atoms with Crippen molar-refractivity contribution in [3.63, 3.8) is 0 Å². The molecule has 0 aromatic heterocycles. The zero-order chi connectivity index (χ0) is 10.6. The first kappa shape index (κ1) is 11.5. The number of carbonyl (C=O) groups excluding carboxylic acids is 1. The topological polar surface area (TPSA) is 17.1 Å².